The zero-order valence-electron chi connectivity index (χ0n) is 7.53. The first-order valence-corrected chi connectivity index (χ1v) is 4.77. The van der Waals surface area contributed by atoms with E-state index >= 15 is 0 Å². The molecule has 0 bridgehead atoms. The van der Waals surface area contributed by atoms with Crippen molar-refractivity contribution in [2.24, 2.45) is 0 Å². The molecule has 0 radical (unpaired) electrons. The lowest BCUT2D eigenvalue weighted by molar-refractivity contribution is 1.70. The summed E-state index contributed by atoms with van der Waals surface area (Å²) in [5, 5.41) is 5.14. The lowest BCUT2D eigenvalue weighted by Crippen LogP contribution is -1.95. The SMILES string of the molecule is Nc1cccc2cccc(NC=S)c12. The van der Waals surface area contributed by atoms with Crippen LogP contribution in [0.2, 0.25) is 0 Å². The lowest BCUT2D eigenvalue weighted by atomic mass is 10.1. The van der Waals surface area contributed by atoms with Crippen molar-refractivity contribution in [3.05, 3.63) is 36.4 Å². The molecule has 0 aliphatic heterocycles. The Morgan fingerprint density at radius 3 is 2.57 bits per heavy atom. The van der Waals surface area contributed by atoms with E-state index in [4.69, 9.17) is 18.0 Å². The Morgan fingerprint density at radius 1 is 1.14 bits per heavy atom. The molecule has 0 aromatic heterocycles. The first-order chi connectivity index (χ1) is 6.83. The van der Waals surface area contributed by atoms with Gasteiger partial charge < -0.3 is 11.1 Å². The van der Waals surface area contributed by atoms with Crippen molar-refractivity contribution >= 4 is 39.9 Å². The second kappa shape index (κ2) is 3.64. The average Bonchev–Trinajstić information content (AvgIpc) is 2.19. The number of hydrogen-bond donors (Lipinski definition) is 2. The summed E-state index contributed by atoms with van der Waals surface area (Å²) < 4.78 is 0. The van der Waals surface area contributed by atoms with E-state index in [1.165, 1.54) is 5.49 Å². The Labute approximate surface area is 87.7 Å². The van der Waals surface area contributed by atoms with Gasteiger partial charge in [0.05, 0.1) is 5.49 Å². The van der Waals surface area contributed by atoms with Crippen molar-refractivity contribution in [1.29, 1.82) is 0 Å². The summed E-state index contributed by atoms with van der Waals surface area (Å²) in [6, 6.07) is 11.8. The summed E-state index contributed by atoms with van der Waals surface area (Å²) in [7, 11) is 0. The van der Waals surface area contributed by atoms with Gasteiger partial charge in [0.2, 0.25) is 0 Å². The molecule has 14 heavy (non-hydrogen) atoms. The van der Waals surface area contributed by atoms with Crippen LogP contribution < -0.4 is 11.1 Å². The molecular formula is C11H10N2S. The van der Waals surface area contributed by atoms with E-state index in [1.54, 1.807) is 0 Å². The summed E-state index contributed by atoms with van der Waals surface area (Å²) in [6.45, 7) is 0. The molecule has 2 aromatic carbocycles. The van der Waals surface area contributed by atoms with E-state index in [9.17, 15) is 0 Å². The first-order valence-electron chi connectivity index (χ1n) is 4.30. The van der Waals surface area contributed by atoms with Crippen LogP contribution in [0.3, 0.4) is 0 Å². The summed E-state index contributed by atoms with van der Waals surface area (Å²) in [6.07, 6.45) is 0. The Hall–Kier alpha value is -1.61. The Morgan fingerprint density at radius 2 is 1.86 bits per heavy atom. The fraction of sp³-hybridized carbons (Fsp3) is 0. The van der Waals surface area contributed by atoms with Crippen molar-refractivity contribution in [3.8, 4) is 0 Å². The van der Waals surface area contributed by atoms with E-state index in [0.29, 0.717) is 0 Å². The monoisotopic (exact) mass is 202 g/mol. The Bertz CT molecular complexity index is 474. The first kappa shape index (κ1) is 8.97. The van der Waals surface area contributed by atoms with E-state index in [-0.39, 0.29) is 0 Å². The fourth-order valence-electron chi connectivity index (χ4n) is 1.55. The maximum absolute atomic E-state index is 5.90. The third-order valence-electron chi connectivity index (χ3n) is 2.15. The van der Waals surface area contributed by atoms with Crippen LogP contribution in [-0.2, 0) is 0 Å². The number of nitrogen functional groups attached to an aromatic ring is 1. The van der Waals surface area contributed by atoms with Crippen molar-refractivity contribution in [2.75, 3.05) is 11.1 Å². The van der Waals surface area contributed by atoms with E-state index in [0.717, 1.165) is 22.1 Å². The van der Waals surface area contributed by atoms with Gasteiger partial charge in [0, 0.05) is 16.8 Å². The maximum Gasteiger partial charge on any atom is 0.0659 e. The minimum absolute atomic E-state index is 0.766. The molecule has 0 spiro atoms. The van der Waals surface area contributed by atoms with Crippen LogP contribution >= 0.6 is 12.2 Å². The number of thiocarbonyl (C=S) groups is 1. The van der Waals surface area contributed by atoms with Gasteiger partial charge in [-0.15, -0.1) is 0 Å². The standard InChI is InChI=1S/C11H10N2S/c12-9-5-1-3-8-4-2-6-10(11(8)9)13-7-14/h1-7H,12H2,(H,13,14). The summed E-state index contributed by atoms with van der Waals surface area (Å²) in [5.41, 5.74) is 9.11. The quantitative estimate of drug-likeness (QED) is 0.581. The molecule has 0 aliphatic rings. The fourth-order valence-corrected chi connectivity index (χ4v) is 1.68. The second-order valence-corrected chi connectivity index (χ2v) is 3.25. The minimum Gasteiger partial charge on any atom is -0.398 e. The number of fused-ring (bicyclic) bond motifs is 1. The van der Waals surface area contributed by atoms with Gasteiger partial charge >= 0.3 is 0 Å². The molecule has 0 fully saturated rings. The van der Waals surface area contributed by atoms with Gasteiger partial charge in [0.25, 0.3) is 0 Å². The van der Waals surface area contributed by atoms with Crippen LogP contribution in [-0.4, -0.2) is 5.49 Å². The Balaban J connectivity index is 2.77. The highest BCUT2D eigenvalue weighted by Crippen LogP contribution is 2.28. The molecule has 2 rings (SSSR count). The topological polar surface area (TPSA) is 38.0 Å². The number of nitrogens with one attached hydrogen (secondary N) is 1. The van der Waals surface area contributed by atoms with Gasteiger partial charge in [-0.25, -0.2) is 0 Å². The zero-order chi connectivity index (χ0) is 9.97. The predicted octanol–water partition coefficient (Wildman–Crippen LogP) is 2.79. The van der Waals surface area contributed by atoms with Gasteiger partial charge in [0.1, 0.15) is 0 Å². The molecule has 0 saturated carbocycles. The number of rotatable bonds is 2. The van der Waals surface area contributed by atoms with Crippen LogP contribution in [0.1, 0.15) is 0 Å². The van der Waals surface area contributed by atoms with Gasteiger partial charge in [-0.05, 0) is 17.5 Å². The smallest absolute Gasteiger partial charge is 0.0659 e. The third kappa shape index (κ3) is 1.42. The van der Waals surface area contributed by atoms with Crippen molar-refractivity contribution < 1.29 is 0 Å². The van der Waals surface area contributed by atoms with Gasteiger partial charge in [-0.3, -0.25) is 0 Å². The van der Waals surface area contributed by atoms with Crippen molar-refractivity contribution in [1.82, 2.24) is 0 Å². The number of anilines is 2. The second-order valence-electron chi connectivity index (χ2n) is 3.01. The van der Waals surface area contributed by atoms with Gasteiger partial charge in [-0.1, -0.05) is 36.5 Å². The highest BCUT2D eigenvalue weighted by atomic mass is 32.1. The minimum atomic E-state index is 0.766. The zero-order valence-corrected chi connectivity index (χ0v) is 8.34. The maximum atomic E-state index is 5.90. The number of benzene rings is 2. The molecule has 3 N–H and O–H groups in total. The lowest BCUT2D eigenvalue weighted by Gasteiger charge is -2.07. The summed E-state index contributed by atoms with van der Waals surface area (Å²) in [4.78, 5) is 0. The Kier molecular flexibility index (Phi) is 2.33. The van der Waals surface area contributed by atoms with Crippen LogP contribution in [0.5, 0.6) is 0 Å². The van der Waals surface area contributed by atoms with E-state index in [2.05, 4.69) is 5.32 Å². The average molecular weight is 202 g/mol. The molecule has 0 unspecified atom stereocenters. The van der Waals surface area contributed by atoms with E-state index in [1.807, 2.05) is 36.4 Å². The molecule has 3 heteroatoms. The molecule has 70 valence electrons. The normalized spacial score (nSPS) is 10.0. The molecule has 2 nitrogen and oxygen atoms in total. The van der Waals surface area contributed by atoms with Gasteiger partial charge in [0.15, 0.2) is 0 Å². The predicted molar refractivity (Wildman–Crippen MR) is 65.6 cm³/mol. The molecule has 0 heterocycles. The van der Waals surface area contributed by atoms with Crippen molar-refractivity contribution in [3.63, 3.8) is 0 Å². The van der Waals surface area contributed by atoms with Crippen LogP contribution in [0, 0.1) is 0 Å². The van der Waals surface area contributed by atoms with Gasteiger partial charge in [-0.2, -0.15) is 0 Å². The van der Waals surface area contributed by atoms with Crippen molar-refractivity contribution in [2.45, 2.75) is 0 Å². The summed E-state index contributed by atoms with van der Waals surface area (Å²) >= 11 is 4.76. The van der Waals surface area contributed by atoms with Crippen LogP contribution in [0.4, 0.5) is 11.4 Å². The molecule has 0 amide bonds. The van der Waals surface area contributed by atoms with E-state index < -0.39 is 0 Å². The molecule has 0 atom stereocenters. The highest BCUT2D eigenvalue weighted by Gasteiger charge is 2.01. The third-order valence-corrected chi connectivity index (χ3v) is 2.27. The highest BCUT2D eigenvalue weighted by molar-refractivity contribution is 7.79. The number of nitrogens with two attached hydrogens (primary N) is 1. The largest absolute Gasteiger partial charge is 0.398 e. The molecule has 0 aliphatic carbocycles. The molecular weight excluding hydrogens is 192 g/mol. The molecule has 2 aromatic rings. The summed E-state index contributed by atoms with van der Waals surface area (Å²) in [5.74, 6) is 0. The number of hydrogen-bond acceptors (Lipinski definition) is 2. The molecule has 0 saturated heterocycles. The van der Waals surface area contributed by atoms with Crippen LogP contribution in [0.25, 0.3) is 10.8 Å². The van der Waals surface area contributed by atoms with Crippen LogP contribution in [0.15, 0.2) is 36.4 Å².